The lowest BCUT2D eigenvalue weighted by Gasteiger charge is -2.44. The van der Waals surface area contributed by atoms with Crippen LogP contribution in [-0.2, 0) is 27.2 Å². The number of nitrogens with two attached hydrogens (primary N) is 1. The van der Waals surface area contributed by atoms with Crippen molar-refractivity contribution in [3.63, 3.8) is 0 Å². The van der Waals surface area contributed by atoms with Crippen LogP contribution in [0, 0.1) is 0 Å². The first kappa shape index (κ1) is 41.3. The molecule has 2 aliphatic heterocycles. The number of Topliss-reactive ketones (excluding diaryl/α,β-unsaturated/α-hetero) is 2. The van der Waals surface area contributed by atoms with Crippen LogP contribution in [-0.4, -0.2) is 61.9 Å². The van der Waals surface area contributed by atoms with E-state index in [1.165, 1.54) is 20.8 Å². The summed E-state index contributed by atoms with van der Waals surface area (Å²) in [5, 5.41) is 22.1. The third kappa shape index (κ3) is 9.68. The number of benzene rings is 4. The average molecular weight is 768 g/mol. The van der Waals surface area contributed by atoms with E-state index in [-0.39, 0.29) is 28.9 Å². The lowest BCUT2D eigenvalue weighted by atomic mass is 9.83. The van der Waals surface area contributed by atoms with Crippen LogP contribution in [0.1, 0.15) is 91.4 Å². The van der Waals surface area contributed by atoms with E-state index in [0.717, 1.165) is 28.7 Å². The Hall–Kier alpha value is -6.89. The predicted molar refractivity (Wildman–Crippen MR) is 220 cm³/mol. The Labute approximate surface area is 331 Å². The maximum atomic E-state index is 12.6. The van der Waals surface area contributed by atoms with Crippen molar-refractivity contribution < 1.29 is 29.1 Å². The molecule has 4 aromatic rings. The van der Waals surface area contributed by atoms with Gasteiger partial charge in [0.1, 0.15) is 5.71 Å². The van der Waals surface area contributed by atoms with Crippen LogP contribution in [0.25, 0.3) is 5.70 Å². The van der Waals surface area contributed by atoms with Gasteiger partial charge in [0, 0.05) is 34.7 Å². The monoisotopic (exact) mass is 767 g/mol. The number of aliphatic carboxylic acids is 1. The quantitative estimate of drug-likeness (QED) is 0.0513. The third-order valence-electron chi connectivity index (χ3n) is 9.36. The standard InChI is InChI=1S/C23H24N4O3.C21H21N3O3/c1-14(28)16-9-11-18(12-10-16)25-26-20(22(24)30)21-19-8-6-5-7-17(19)13-23(3,4)27(21)15(2)29;1-13(25)14-8-10-16(11-9-14)23-24-19(20(26)27)18-17-7-5-4-6-15(17)12-21(2,3)22-18/h5-12H,13H2,1-4H3,(H2,24,30);4-11,23H,12H2,1-3H3,(H,26,27)/b21-20+,26-25?;. The first-order valence-corrected chi connectivity index (χ1v) is 18.2. The number of carboxylic acid groups (broad SMARTS) is 1. The number of anilines is 1. The van der Waals surface area contributed by atoms with E-state index in [9.17, 15) is 29.1 Å². The molecule has 2 heterocycles. The number of carbonyl (C=O) groups excluding carboxylic acids is 4. The van der Waals surface area contributed by atoms with Crippen molar-refractivity contribution in [2.45, 2.75) is 72.4 Å². The Morgan fingerprint density at radius 2 is 1.26 bits per heavy atom. The summed E-state index contributed by atoms with van der Waals surface area (Å²) in [6.45, 7) is 12.2. The molecule has 6 rings (SSSR count). The summed E-state index contributed by atoms with van der Waals surface area (Å²) >= 11 is 0. The SMILES string of the molecule is CC(=O)c1ccc(N=N/C(C(N)=O)=C2\c3ccccc3CC(C)(C)N2C(C)=O)cc1.CC(=O)c1ccc(NN=C(C(=O)O)C2=NC(C)(C)Cc3ccccc32)cc1. The average Bonchev–Trinajstić information content (AvgIpc) is 3.14. The zero-order valence-corrected chi connectivity index (χ0v) is 33.0. The summed E-state index contributed by atoms with van der Waals surface area (Å²) in [7, 11) is 0. The first-order valence-electron chi connectivity index (χ1n) is 18.2. The molecule has 2 aliphatic rings. The molecule has 0 atom stereocenters. The minimum atomic E-state index is -1.16. The van der Waals surface area contributed by atoms with Gasteiger partial charge >= 0.3 is 5.97 Å². The number of carbonyl (C=O) groups is 5. The van der Waals surface area contributed by atoms with Crippen LogP contribution >= 0.6 is 0 Å². The summed E-state index contributed by atoms with van der Waals surface area (Å²) in [6.07, 6.45) is 1.36. The fourth-order valence-electron chi connectivity index (χ4n) is 6.83. The molecule has 0 saturated heterocycles. The summed E-state index contributed by atoms with van der Waals surface area (Å²) in [5.74, 6) is -2.26. The van der Waals surface area contributed by atoms with E-state index in [0.29, 0.717) is 40.3 Å². The van der Waals surface area contributed by atoms with Crippen LogP contribution in [0.15, 0.2) is 123 Å². The highest BCUT2D eigenvalue weighted by Crippen LogP contribution is 2.40. The number of azo groups is 1. The molecule has 57 heavy (non-hydrogen) atoms. The fraction of sp³-hybridized carbons (Fsp3) is 0.250. The molecule has 0 saturated carbocycles. The van der Waals surface area contributed by atoms with Gasteiger partial charge in [0.25, 0.3) is 5.91 Å². The van der Waals surface area contributed by atoms with Gasteiger partial charge in [0.2, 0.25) is 5.91 Å². The number of primary amides is 1. The second-order valence-corrected chi connectivity index (χ2v) is 15.0. The van der Waals surface area contributed by atoms with Crippen LogP contribution < -0.4 is 11.2 Å². The van der Waals surface area contributed by atoms with Gasteiger partial charge in [-0.1, -0.05) is 48.5 Å². The molecule has 0 aromatic heterocycles. The highest BCUT2D eigenvalue weighted by molar-refractivity contribution is 6.69. The van der Waals surface area contributed by atoms with E-state index in [1.807, 2.05) is 76.2 Å². The summed E-state index contributed by atoms with van der Waals surface area (Å²) in [6, 6.07) is 28.4. The van der Waals surface area contributed by atoms with Gasteiger partial charge in [-0.15, -0.1) is 5.11 Å². The molecule has 292 valence electrons. The lowest BCUT2D eigenvalue weighted by molar-refractivity contribution is -0.130. The van der Waals surface area contributed by atoms with Gasteiger partial charge in [0.15, 0.2) is 23.0 Å². The molecule has 4 aromatic carbocycles. The normalized spacial score (nSPS) is 16.2. The minimum Gasteiger partial charge on any atom is -0.476 e. The number of hydrogen-bond acceptors (Lipinski definition) is 10. The Morgan fingerprint density at radius 1 is 0.737 bits per heavy atom. The fourth-order valence-corrected chi connectivity index (χ4v) is 6.83. The molecule has 13 nitrogen and oxygen atoms in total. The second-order valence-electron chi connectivity index (χ2n) is 15.0. The van der Waals surface area contributed by atoms with Crippen molar-refractivity contribution in [2.75, 3.05) is 5.43 Å². The molecule has 2 amide bonds. The van der Waals surface area contributed by atoms with Crippen molar-refractivity contribution in [3.8, 4) is 0 Å². The molecule has 0 bridgehead atoms. The molecule has 0 spiro atoms. The smallest absolute Gasteiger partial charge is 0.358 e. The van der Waals surface area contributed by atoms with Gasteiger partial charge in [-0.2, -0.15) is 10.2 Å². The zero-order valence-electron chi connectivity index (χ0n) is 33.0. The molecular weight excluding hydrogens is 723 g/mol. The van der Waals surface area contributed by atoms with Crippen LogP contribution in [0.5, 0.6) is 0 Å². The number of nitrogens with zero attached hydrogens (tertiary/aromatic N) is 5. The van der Waals surface area contributed by atoms with Crippen LogP contribution in [0.4, 0.5) is 11.4 Å². The van der Waals surface area contributed by atoms with Crippen molar-refractivity contribution >= 4 is 57.8 Å². The van der Waals surface area contributed by atoms with E-state index in [4.69, 9.17) is 5.73 Å². The van der Waals surface area contributed by atoms with Crippen molar-refractivity contribution in [1.29, 1.82) is 0 Å². The molecule has 0 unspecified atom stereocenters. The number of rotatable bonds is 9. The molecule has 0 fully saturated rings. The number of ketones is 2. The van der Waals surface area contributed by atoms with Gasteiger partial charge in [0.05, 0.1) is 22.6 Å². The number of hydrazone groups is 1. The Kier molecular flexibility index (Phi) is 12.2. The summed E-state index contributed by atoms with van der Waals surface area (Å²) in [4.78, 5) is 65.8. The molecule has 4 N–H and O–H groups in total. The van der Waals surface area contributed by atoms with Crippen LogP contribution in [0.3, 0.4) is 0 Å². The van der Waals surface area contributed by atoms with Gasteiger partial charge in [-0.3, -0.25) is 29.6 Å². The topological polar surface area (TPSA) is 196 Å². The van der Waals surface area contributed by atoms with Crippen molar-refractivity contribution in [2.24, 2.45) is 26.1 Å². The van der Waals surface area contributed by atoms with E-state index in [1.54, 1.807) is 53.4 Å². The molecule has 13 heteroatoms. The maximum Gasteiger partial charge on any atom is 0.358 e. The van der Waals surface area contributed by atoms with E-state index >= 15 is 0 Å². The van der Waals surface area contributed by atoms with Gasteiger partial charge in [-0.25, -0.2) is 4.79 Å². The molecular formula is C44H45N7O6. The number of carboxylic acids is 1. The number of hydrogen-bond donors (Lipinski definition) is 3. The highest BCUT2D eigenvalue weighted by atomic mass is 16.4. The molecule has 0 radical (unpaired) electrons. The number of nitrogens with one attached hydrogen (secondary N) is 1. The summed E-state index contributed by atoms with van der Waals surface area (Å²) < 4.78 is 0. The van der Waals surface area contributed by atoms with E-state index in [2.05, 4.69) is 25.7 Å². The predicted octanol–water partition coefficient (Wildman–Crippen LogP) is 7.58. The Morgan fingerprint density at radius 3 is 1.79 bits per heavy atom. The first-order chi connectivity index (χ1) is 26.9. The number of fused-ring (bicyclic) bond motifs is 2. The third-order valence-corrected chi connectivity index (χ3v) is 9.36. The largest absolute Gasteiger partial charge is 0.476 e. The highest BCUT2D eigenvalue weighted by Gasteiger charge is 2.40. The maximum absolute atomic E-state index is 12.6. The summed E-state index contributed by atoms with van der Waals surface area (Å²) in [5.41, 5.74) is 13.6. The lowest BCUT2D eigenvalue weighted by Crippen LogP contribution is -2.50. The number of amides is 2. The van der Waals surface area contributed by atoms with Crippen molar-refractivity contribution in [1.82, 2.24) is 4.90 Å². The Balaban J connectivity index is 0.000000219. The van der Waals surface area contributed by atoms with Crippen LogP contribution in [0.2, 0.25) is 0 Å². The Bertz CT molecular complexity index is 2370. The molecule has 0 aliphatic carbocycles. The van der Waals surface area contributed by atoms with Crippen molar-refractivity contribution in [3.05, 3.63) is 136 Å². The van der Waals surface area contributed by atoms with E-state index < -0.39 is 23.0 Å². The minimum absolute atomic E-state index is 0.0355. The van der Waals surface area contributed by atoms with Gasteiger partial charge < -0.3 is 15.7 Å². The number of aliphatic imine (C=N–C) groups is 1. The van der Waals surface area contributed by atoms with Gasteiger partial charge in [-0.05, 0) is 114 Å². The second kappa shape index (κ2) is 16.9. The zero-order chi connectivity index (χ0) is 41.7.